The quantitative estimate of drug-likeness (QED) is 0.922. The molecule has 1 aromatic heterocycles. The van der Waals surface area contributed by atoms with Crippen LogP contribution in [0.2, 0.25) is 0 Å². The third-order valence-electron chi connectivity index (χ3n) is 2.62. The minimum atomic E-state index is 0.746. The second-order valence-corrected chi connectivity index (χ2v) is 5.00. The Hall–Kier alpha value is -1.35. The zero-order chi connectivity index (χ0) is 12.3. The molecule has 0 saturated carbocycles. The molecule has 2 aromatic rings. The standard InChI is InChI=1S/C14H15BrN2/c1-10-3-5-13(16-8-10)9-17-12-6-4-11(2)14(15)7-12/h3-8,17H,9H2,1-2H3. The van der Waals surface area contributed by atoms with Crippen LogP contribution in [0.4, 0.5) is 5.69 Å². The van der Waals surface area contributed by atoms with Crippen LogP contribution in [0.5, 0.6) is 0 Å². The Morgan fingerprint density at radius 2 is 2.00 bits per heavy atom. The average Bonchev–Trinajstić information content (AvgIpc) is 2.33. The lowest BCUT2D eigenvalue weighted by atomic mass is 10.2. The fourth-order valence-corrected chi connectivity index (χ4v) is 1.88. The molecule has 0 aliphatic rings. The minimum absolute atomic E-state index is 0.746. The number of aromatic nitrogens is 1. The number of anilines is 1. The fraction of sp³-hybridized carbons (Fsp3) is 0.214. The lowest BCUT2D eigenvalue weighted by Crippen LogP contribution is -2.01. The normalized spacial score (nSPS) is 10.3. The van der Waals surface area contributed by atoms with Crippen LogP contribution in [0.15, 0.2) is 41.0 Å². The molecule has 0 spiro atoms. The largest absolute Gasteiger partial charge is 0.379 e. The molecule has 2 nitrogen and oxygen atoms in total. The number of nitrogens with one attached hydrogen (secondary N) is 1. The van der Waals surface area contributed by atoms with Gasteiger partial charge in [-0.15, -0.1) is 0 Å². The van der Waals surface area contributed by atoms with Crippen molar-refractivity contribution in [2.45, 2.75) is 20.4 Å². The molecule has 1 N–H and O–H groups in total. The van der Waals surface area contributed by atoms with Gasteiger partial charge in [-0.2, -0.15) is 0 Å². The highest BCUT2D eigenvalue weighted by molar-refractivity contribution is 9.10. The van der Waals surface area contributed by atoms with E-state index in [1.54, 1.807) is 0 Å². The van der Waals surface area contributed by atoms with Crippen molar-refractivity contribution in [1.29, 1.82) is 0 Å². The van der Waals surface area contributed by atoms with Crippen molar-refractivity contribution in [3.8, 4) is 0 Å². The van der Waals surface area contributed by atoms with E-state index in [2.05, 4.69) is 57.4 Å². The molecule has 0 fully saturated rings. The highest BCUT2D eigenvalue weighted by Gasteiger charge is 1.98. The van der Waals surface area contributed by atoms with Crippen molar-refractivity contribution in [2.24, 2.45) is 0 Å². The van der Waals surface area contributed by atoms with E-state index < -0.39 is 0 Å². The van der Waals surface area contributed by atoms with E-state index in [4.69, 9.17) is 0 Å². The number of benzene rings is 1. The van der Waals surface area contributed by atoms with Gasteiger partial charge < -0.3 is 5.32 Å². The highest BCUT2D eigenvalue weighted by atomic mass is 79.9. The van der Waals surface area contributed by atoms with Gasteiger partial charge in [0.2, 0.25) is 0 Å². The molecule has 88 valence electrons. The van der Waals surface area contributed by atoms with E-state index in [9.17, 15) is 0 Å². The Morgan fingerprint density at radius 3 is 2.65 bits per heavy atom. The Kier molecular flexibility index (Phi) is 3.79. The number of hydrogen-bond donors (Lipinski definition) is 1. The lowest BCUT2D eigenvalue weighted by molar-refractivity contribution is 1.04. The molecule has 0 amide bonds. The summed E-state index contributed by atoms with van der Waals surface area (Å²) in [6, 6.07) is 10.4. The maximum atomic E-state index is 4.36. The second kappa shape index (κ2) is 5.32. The molecule has 0 unspecified atom stereocenters. The van der Waals surface area contributed by atoms with Crippen molar-refractivity contribution < 1.29 is 0 Å². The van der Waals surface area contributed by atoms with Gasteiger partial charge in [0.25, 0.3) is 0 Å². The first kappa shape index (κ1) is 12.1. The van der Waals surface area contributed by atoms with Crippen molar-refractivity contribution >= 4 is 21.6 Å². The zero-order valence-corrected chi connectivity index (χ0v) is 11.6. The Balaban J connectivity index is 2.02. The van der Waals surface area contributed by atoms with Gasteiger partial charge in [-0.1, -0.05) is 28.1 Å². The molecule has 0 aliphatic carbocycles. The van der Waals surface area contributed by atoms with Gasteiger partial charge >= 0.3 is 0 Å². The second-order valence-electron chi connectivity index (χ2n) is 4.14. The summed E-state index contributed by atoms with van der Waals surface area (Å²) in [5.74, 6) is 0. The van der Waals surface area contributed by atoms with Crippen molar-refractivity contribution in [2.75, 3.05) is 5.32 Å². The summed E-state index contributed by atoms with van der Waals surface area (Å²) in [5.41, 5.74) is 4.58. The molecular weight excluding hydrogens is 276 g/mol. The fourth-order valence-electron chi connectivity index (χ4n) is 1.50. The molecule has 0 aliphatic heterocycles. The molecule has 0 radical (unpaired) electrons. The topological polar surface area (TPSA) is 24.9 Å². The summed E-state index contributed by atoms with van der Waals surface area (Å²) in [4.78, 5) is 4.36. The minimum Gasteiger partial charge on any atom is -0.379 e. The molecule has 0 atom stereocenters. The van der Waals surface area contributed by atoms with E-state index in [1.807, 2.05) is 19.2 Å². The number of rotatable bonds is 3. The molecular formula is C14H15BrN2. The first-order valence-corrected chi connectivity index (χ1v) is 6.36. The van der Waals surface area contributed by atoms with Crippen molar-refractivity contribution in [3.05, 3.63) is 57.8 Å². The van der Waals surface area contributed by atoms with Crippen molar-refractivity contribution in [3.63, 3.8) is 0 Å². The van der Waals surface area contributed by atoms with Crippen LogP contribution in [0.3, 0.4) is 0 Å². The first-order valence-electron chi connectivity index (χ1n) is 5.57. The Bertz CT molecular complexity index is 506. The van der Waals surface area contributed by atoms with Gasteiger partial charge in [-0.05, 0) is 43.2 Å². The van der Waals surface area contributed by atoms with Crippen molar-refractivity contribution in [1.82, 2.24) is 4.98 Å². The Labute approximate surface area is 110 Å². The molecule has 0 saturated heterocycles. The number of aryl methyl sites for hydroxylation is 2. The molecule has 1 aromatic carbocycles. The van der Waals surface area contributed by atoms with Crippen LogP contribution in [0.1, 0.15) is 16.8 Å². The first-order chi connectivity index (χ1) is 8.15. The van der Waals surface area contributed by atoms with Gasteiger partial charge in [-0.3, -0.25) is 4.98 Å². The average molecular weight is 291 g/mol. The van der Waals surface area contributed by atoms with E-state index in [1.165, 1.54) is 11.1 Å². The summed E-state index contributed by atoms with van der Waals surface area (Å²) in [6.45, 7) is 4.87. The molecule has 0 bridgehead atoms. The van der Waals surface area contributed by atoms with Crippen LogP contribution in [0.25, 0.3) is 0 Å². The van der Waals surface area contributed by atoms with Crippen LogP contribution in [0, 0.1) is 13.8 Å². The predicted octanol–water partition coefficient (Wildman–Crippen LogP) is 4.07. The maximum Gasteiger partial charge on any atom is 0.0594 e. The molecule has 3 heteroatoms. The number of hydrogen-bond acceptors (Lipinski definition) is 2. The third-order valence-corrected chi connectivity index (χ3v) is 3.47. The zero-order valence-electron chi connectivity index (χ0n) is 10.00. The summed E-state index contributed by atoms with van der Waals surface area (Å²) >= 11 is 3.53. The molecule has 2 rings (SSSR count). The summed E-state index contributed by atoms with van der Waals surface area (Å²) in [7, 11) is 0. The van der Waals surface area contributed by atoms with Crippen LogP contribution >= 0.6 is 15.9 Å². The summed E-state index contributed by atoms with van der Waals surface area (Å²) < 4.78 is 1.12. The van der Waals surface area contributed by atoms with Gasteiger partial charge in [0.05, 0.1) is 12.2 Å². The van der Waals surface area contributed by atoms with Crippen LogP contribution < -0.4 is 5.32 Å². The third kappa shape index (κ3) is 3.30. The lowest BCUT2D eigenvalue weighted by Gasteiger charge is -2.07. The number of pyridine rings is 1. The maximum absolute atomic E-state index is 4.36. The van der Waals surface area contributed by atoms with Gasteiger partial charge in [-0.25, -0.2) is 0 Å². The highest BCUT2D eigenvalue weighted by Crippen LogP contribution is 2.20. The van der Waals surface area contributed by atoms with Crippen LogP contribution in [-0.2, 0) is 6.54 Å². The van der Waals surface area contributed by atoms with E-state index >= 15 is 0 Å². The summed E-state index contributed by atoms with van der Waals surface area (Å²) in [6.07, 6.45) is 1.89. The summed E-state index contributed by atoms with van der Waals surface area (Å²) in [5, 5.41) is 3.36. The monoisotopic (exact) mass is 290 g/mol. The molecule has 17 heavy (non-hydrogen) atoms. The van der Waals surface area contributed by atoms with E-state index in [-0.39, 0.29) is 0 Å². The SMILES string of the molecule is Cc1ccc(CNc2ccc(C)c(Br)c2)nc1. The number of nitrogens with zero attached hydrogens (tertiary/aromatic N) is 1. The van der Waals surface area contributed by atoms with Gasteiger partial charge in [0.15, 0.2) is 0 Å². The smallest absolute Gasteiger partial charge is 0.0594 e. The van der Waals surface area contributed by atoms with E-state index in [0.29, 0.717) is 0 Å². The van der Waals surface area contributed by atoms with Gasteiger partial charge in [0.1, 0.15) is 0 Å². The number of halogens is 1. The van der Waals surface area contributed by atoms with Crippen LogP contribution in [-0.4, -0.2) is 4.98 Å². The van der Waals surface area contributed by atoms with Gasteiger partial charge in [0, 0.05) is 16.4 Å². The molecule has 1 heterocycles. The predicted molar refractivity (Wildman–Crippen MR) is 75.2 cm³/mol. The Morgan fingerprint density at radius 1 is 1.18 bits per heavy atom. The van der Waals surface area contributed by atoms with E-state index in [0.717, 1.165) is 22.4 Å².